The van der Waals surface area contributed by atoms with E-state index in [9.17, 15) is 19.2 Å². The van der Waals surface area contributed by atoms with Gasteiger partial charge in [-0.25, -0.2) is 0 Å². The molecule has 5 rings (SSSR count). The molecule has 7 heteroatoms. The minimum atomic E-state index is -1.51. The minimum Gasteiger partial charge on any atom is -0.342 e. The van der Waals surface area contributed by atoms with E-state index in [1.807, 2.05) is 30.3 Å². The van der Waals surface area contributed by atoms with Crippen molar-refractivity contribution >= 4 is 35.1 Å². The molecule has 2 aromatic rings. The zero-order valence-electron chi connectivity index (χ0n) is 15.2. The van der Waals surface area contributed by atoms with Crippen molar-refractivity contribution in [2.75, 3.05) is 5.75 Å². The van der Waals surface area contributed by atoms with E-state index in [-0.39, 0.29) is 39.3 Å². The van der Waals surface area contributed by atoms with Gasteiger partial charge in [-0.3, -0.25) is 19.2 Å². The number of hydrogen-bond acceptors (Lipinski definition) is 5. The van der Waals surface area contributed by atoms with Crippen molar-refractivity contribution in [2.45, 2.75) is 18.0 Å². The summed E-state index contributed by atoms with van der Waals surface area (Å²) < 4.78 is 0. The Balaban J connectivity index is 1.50. The minimum absolute atomic E-state index is 0.0928. The Bertz CT molecular complexity index is 1120. The van der Waals surface area contributed by atoms with Crippen molar-refractivity contribution < 1.29 is 19.2 Å². The number of allylic oxidation sites excluding steroid dienone is 1. The fourth-order valence-corrected chi connectivity index (χ4v) is 5.46. The molecule has 3 aliphatic rings. The van der Waals surface area contributed by atoms with Gasteiger partial charge in [0.05, 0.1) is 10.5 Å². The van der Waals surface area contributed by atoms with E-state index >= 15 is 0 Å². The number of carbonyl (C=O) groups excluding carboxylic acids is 4. The molecule has 29 heavy (non-hydrogen) atoms. The van der Waals surface area contributed by atoms with Crippen LogP contribution in [-0.4, -0.2) is 40.7 Å². The summed E-state index contributed by atoms with van der Waals surface area (Å²) in [6.45, 7) is 0. The van der Waals surface area contributed by atoms with Crippen molar-refractivity contribution in [1.82, 2.24) is 10.6 Å². The van der Waals surface area contributed by atoms with Crippen LogP contribution in [0, 0.1) is 0 Å². The number of piperazine rings is 1. The van der Waals surface area contributed by atoms with Gasteiger partial charge in [-0.2, -0.15) is 0 Å². The maximum absolute atomic E-state index is 13.2. The van der Waals surface area contributed by atoms with Crippen molar-refractivity contribution in [3.8, 4) is 0 Å². The summed E-state index contributed by atoms with van der Waals surface area (Å²) in [4.78, 5) is 52.3. The van der Waals surface area contributed by atoms with Crippen molar-refractivity contribution in [1.29, 1.82) is 0 Å². The van der Waals surface area contributed by atoms with Gasteiger partial charge >= 0.3 is 0 Å². The van der Waals surface area contributed by atoms with Crippen LogP contribution in [0.4, 0.5) is 0 Å². The van der Waals surface area contributed by atoms with Gasteiger partial charge in [-0.05, 0) is 5.56 Å². The Kier molecular flexibility index (Phi) is 3.96. The summed E-state index contributed by atoms with van der Waals surface area (Å²) in [6.07, 6.45) is 0.350. The summed E-state index contributed by atoms with van der Waals surface area (Å²) in [5.74, 6) is -1.33. The highest BCUT2D eigenvalue weighted by atomic mass is 32.2. The quantitative estimate of drug-likeness (QED) is 0.794. The van der Waals surface area contributed by atoms with Crippen LogP contribution in [0.15, 0.2) is 65.1 Å². The summed E-state index contributed by atoms with van der Waals surface area (Å²) in [7, 11) is 0. The van der Waals surface area contributed by atoms with Crippen molar-refractivity contribution in [2.24, 2.45) is 0 Å². The molecule has 1 spiro atoms. The lowest BCUT2D eigenvalue weighted by Crippen LogP contribution is -2.71. The number of carbonyl (C=O) groups is 4. The Labute approximate surface area is 170 Å². The third-order valence-electron chi connectivity index (χ3n) is 5.57. The summed E-state index contributed by atoms with van der Waals surface area (Å²) in [5, 5.41) is 5.57. The number of thioether (sulfide) groups is 1. The smallest absolute Gasteiger partial charge is 0.252 e. The van der Waals surface area contributed by atoms with Gasteiger partial charge in [0.2, 0.25) is 11.7 Å². The number of Topliss-reactive ketones (excluding diaryl/α,β-unsaturated/α-hetero) is 2. The van der Waals surface area contributed by atoms with E-state index in [1.54, 1.807) is 24.3 Å². The predicted octanol–water partition coefficient (Wildman–Crippen LogP) is 1.66. The van der Waals surface area contributed by atoms with Gasteiger partial charge in [-0.15, -0.1) is 11.8 Å². The standard InChI is InChI=1S/C22H16N2O4S/c25-17-13-8-4-5-9-14(13)18(26)19-16(17)22(11-29-19)21(28)23-15(20(27)24-22)10-12-6-2-1-3-7-12/h1-9,15H,10-11H2,(H,23,28)(H,24,27)/t15-,22-/m0/s1. The molecule has 0 unspecified atom stereocenters. The second kappa shape index (κ2) is 6.42. The predicted molar refractivity (Wildman–Crippen MR) is 108 cm³/mol. The molecule has 0 radical (unpaired) electrons. The molecule has 0 saturated carbocycles. The molecule has 2 atom stereocenters. The molecule has 144 valence electrons. The van der Waals surface area contributed by atoms with Gasteiger partial charge in [-0.1, -0.05) is 54.6 Å². The van der Waals surface area contributed by atoms with Crippen LogP contribution < -0.4 is 10.6 Å². The first-order valence-electron chi connectivity index (χ1n) is 9.24. The fourth-order valence-electron chi connectivity index (χ4n) is 4.10. The molecule has 1 aliphatic carbocycles. The Morgan fingerprint density at radius 3 is 2.28 bits per heavy atom. The summed E-state index contributed by atoms with van der Waals surface area (Å²) in [6, 6.07) is 15.2. The molecule has 2 amide bonds. The van der Waals surface area contributed by atoms with Gasteiger partial charge in [0, 0.05) is 23.3 Å². The second-order valence-corrected chi connectivity index (χ2v) is 8.29. The lowest BCUT2D eigenvalue weighted by molar-refractivity contribution is -0.139. The lowest BCUT2D eigenvalue weighted by atomic mass is 9.78. The van der Waals surface area contributed by atoms with Crippen LogP contribution in [0.3, 0.4) is 0 Å². The van der Waals surface area contributed by atoms with E-state index in [0.717, 1.165) is 17.3 Å². The van der Waals surface area contributed by atoms with Gasteiger partial charge in [0.15, 0.2) is 11.3 Å². The van der Waals surface area contributed by atoms with E-state index in [1.165, 1.54) is 0 Å². The van der Waals surface area contributed by atoms with E-state index in [4.69, 9.17) is 0 Å². The molecule has 2 N–H and O–H groups in total. The Morgan fingerprint density at radius 2 is 1.55 bits per heavy atom. The monoisotopic (exact) mass is 404 g/mol. The van der Waals surface area contributed by atoms with Gasteiger partial charge in [0.25, 0.3) is 5.91 Å². The second-order valence-electron chi connectivity index (χ2n) is 7.31. The van der Waals surface area contributed by atoms with Crippen LogP contribution in [0.25, 0.3) is 0 Å². The topological polar surface area (TPSA) is 92.3 Å². The molecule has 2 aromatic carbocycles. The number of amides is 2. The SMILES string of the molecule is O=C1C2=C(C(=O)c3ccccc31)[C@]1(CS2)NC(=O)[C@H](Cc2ccccc2)NC1=O. The first-order chi connectivity index (χ1) is 14.0. The van der Waals surface area contributed by atoms with Gasteiger partial charge in [0.1, 0.15) is 6.04 Å². The molecule has 6 nitrogen and oxygen atoms in total. The maximum atomic E-state index is 13.2. The number of nitrogens with one attached hydrogen (secondary N) is 2. The molecule has 2 aliphatic heterocycles. The Hall–Kier alpha value is -3.19. The number of hydrogen-bond donors (Lipinski definition) is 2. The third-order valence-corrected chi connectivity index (χ3v) is 6.82. The third kappa shape index (κ3) is 2.57. The van der Waals surface area contributed by atoms with Crippen LogP contribution in [0.1, 0.15) is 26.3 Å². The van der Waals surface area contributed by atoms with Gasteiger partial charge < -0.3 is 10.6 Å². The number of rotatable bonds is 2. The summed E-state index contributed by atoms with van der Waals surface area (Å²) >= 11 is 1.15. The molecule has 1 saturated heterocycles. The van der Waals surface area contributed by atoms with E-state index in [2.05, 4.69) is 10.6 Å². The van der Waals surface area contributed by atoms with Crippen LogP contribution in [0.5, 0.6) is 0 Å². The highest BCUT2D eigenvalue weighted by Gasteiger charge is 2.58. The molecule has 0 aromatic heterocycles. The zero-order chi connectivity index (χ0) is 20.2. The molecule has 2 heterocycles. The highest BCUT2D eigenvalue weighted by molar-refractivity contribution is 8.04. The van der Waals surface area contributed by atoms with Crippen molar-refractivity contribution in [3.63, 3.8) is 0 Å². The van der Waals surface area contributed by atoms with Crippen molar-refractivity contribution in [3.05, 3.63) is 81.8 Å². The largest absolute Gasteiger partial charge is 0.342 e. The molecule has 0 bridgehead atoms. The van der Waals surface area contributed by atoms with Crippen LogP contribution in [-0.2, 0) is 16.0 Å². The number of ketones is 2. The molecular formula is C22H16N2O4S. The number of benzene rings is 2. The van der Waals surface area contributed by atoms with Crippen LogP contribution >= 0.6 is 11.8 Å². The van der Waals surface area contributed by atoms with E-state index < -0.39 is 17.5 Å². The molecule has 1 fully saturated rings. The summed E-state index contributed by atoms with van der Waals surface area (Å²) in [5.41, 5.74) is 0.111. The average molecular weight is 404 g/mol. The first-order valence-corrected chi connectivity index (χ1v) is 10.2. The maximum Gasteiger partial charge on any atom is 0.252 e. The average Bonchev–Trinajstić information content (AvgIpc) is 3.11. The highest BCUT2D eigenvalue weighted by Crippen LogP contribution is 2.46. The first kappa shape index (κ1) is 17.9. The lowest BCUT2D eigenvalue weighted by Gasteiger charge is -2.38. The van der Waals surface area contributed by atoms with Crippen LogP contribution in [0.2, 0.25) is 0 Å². The fraction of sp³-hybridized carbons (Fsp3) is 0.182. The molecular weight excluding hydrogens is 388 g/mol. The zero-order valence-corrected chi connectivity index (χ0v) is 16.0. The van der Waals surface area contributed by atoms with E-state index in [0.29, 0.717) is 12.0 Å². The normalized spacial score (nSPS) is 25.6. The number of fused-ring (bicyclic) bond motifs is 2. The Morgan fingerprint density at radius 1 is 0.897 bits per heavy atom.